The quantitative estimate of drug-likeness (QED) is 0.409. The Hall–Kier alpha value is -3.69. The fraction of sp³-hybridized carbons (Fsp3) is 0.269. The molecule has 0 aliphatic carbocycles. The zero-order valence-corrected chi connectivity index (χ0v) is 18.8. The summed E-state index contributed by atoms with van der Waals surface area (Å²) in [5.41, 5.74) is 4.68. The van der Waals surface area contributed by atoms with Crippen molar-refractivity contribution in [3.63, 3.8) is 0 Å². The fourth-order valence-electron chi connectivity index (χ4n) is 3.18. The Bertz CT molecular complexity index is 1070. The number of ether oxygens (including phenoxy) is 1. The zero-order chi connectivity index (χ0) is 22.9. The minimum Gasteiger partial charge on any atom is -0.378 e. The minimum absolute atomic E-state index is 0.0277. The van der Waals surface area contributed by atoms with Crippen LogP contribution in [0.15, 0.2) is 77.9 Å². The first-order chi connectivity index (χ1) is 15.5. The standard InChI is InChI=1S/C26H28N4O2/c1-5-25(13-8-22-7-6-14-27-19-22)30(20(2)3)28-21(4)23-9-11-24(12-10-23)26(31)29-15-17-32-18-16-29/h5-7,9-12,14,19H,2,15-18H2,1,3-4H3. The van der Waals surface area contributed by atoms with Crippen molar-refractivity contribution >= 4 is 11.6 Å². The second kappa shape index (κ2) is 11.1. The van der Waals surface area contributed by atoms with Crippen LogP contribution in [-0.4, -0.2) is 52.8 Å². The highest BCUT2D eigenvalue weighted by atomic mass is 16.5. The number of hydrazone groups is 1. The van der Waals surface area contributed by atoms with Gasteiger partial charge in [-0.15, -0.1) is 0 Å². The Morgan fingerprint density at radius 1 is 1.19 bits per heavy atom. The van der Waals surface area contributed by atoms with E-state index >= 15 is 0 Å². The van der Waals surface area contributed by atoms with Gasteiger partial charge in [0.2, 0.25) is 0 Å². The molecule has 0 atom stereocenters. The number of aromatic nitrogens is 1. The van der Waals surface area contributed by atoms with Crippen LogP contribution in [0, 0.1) is 11.8 Å². The monoisotopic (exact) mass is 428 g/mol. The lowest BCUT2D eigenvalue weighted by Crippen LogP contribution is -2.40. The maximum atomic E-state index is 12.7. The maximum absolute atomic E-state index is 12.7. The summed E-state index contributed by atoms with van der Waals surface area (Å²) in [5.74, 6) is 6.29. The molecule has 6 nitrogen and oxygen atoms in total. The van der Waals surface area contributed by atoms with Gasteiger partial charge >= 0.3 is 0 Å². The third-order valence-corrected chi connectivity index (χ3v) is 4.96. The van der Waals surface area contributed by atoms with Crippen LogP contribution < -0.4 is 0 Å². The number of allylic oxidation sites excluding steroid dienone is 3. The molecule has 2 heterocycles. The molecule has 1 aliphatic heterocycles. The number of hydrogen-bond donors (Lipinski definition) is 0. The summed E-state index contributed by atoms with van der Waals surface area (Å²) in [6.07, 6.45) is 5.34. The van der Waals surface area contributed by atoms with Crippen LogP contribution >= 0.6 is 0 Å². The van der Waals surface area contributed by atoms with Crippen LogP contribution in [0.2, 0.25) is 0 Å². The highest BCUT2D eigenvalue weighted by Gasteiger charge is 2.18. The number of nitrogens with zero attached hydrogens (tertiary/aromatic N) is 4. The molecule has 164 valence electrons. The maximum Gasteiger partial charge on any atom is 0.254 e. The van der Waals surface area contributed by atoms with Crippen molar-refractivity contribution in [3.8, 4) is 11.8 Å². The van der Waals surface area contributed by atoms with Gasteiger partial charge in [0.15, 0.2) is 0 Å². The van der Waals surface area contributed by atoms with Crippen LogP contribution in [0.3, 0.4) is 0 Å². The number of carbonyl (C=O) groups excluding carboxylic acids is 1. The SMILES string of the molecule is C=C(C)N(N=C(C)c1ccc(C(=O)N2CCOCC2)cc1)C(C#Cc1cccnc1)=CC. The molecule has 0 bridgehead atoms. The summed E-state index contributed by atoms with van der Waals surface area (Å²) in [6, 6.07) is 11.3. The van der Waals surface area contributed by atoms with Crippen LogP contribution in [0.5, 0.6) is 0 Å². The molecule has 1 saturated heterocycles. The molecule has 6 heteroatoms. The van der Waals surface area contributed by atoms with Gasteiger partial charge in [-0.25, -0.2) is 5.01 Å². The van der Waals surface area contributed by atoms with Crippen LogP contribution in [-0.2, 0) is 4.74 Å². The normalized spacial score (nSPS) is 14.4. The van der Waals surface area contributed by atoms with Gasteiger partial charge in [0.05, 0.1) is 18.9 Å². The lowest BCUT2D eigenvalue weighted by atomic mass is 10.1. The van der Waals surface area contributed by atoms with Crippen molar-refractivity contribution in [2.75, 3.05) is 26.3 Å². The minimum atomic E-state index is 0.0277. The smallest absolute Gasteiger partial charge is 0.254 e. The van der Waals surface area contributed by atoms with Gasteiger partial charge in [-0.3, -0.25) is 9.78 Å². The molecular formula is C26H28N4O2. The molecule has 32 heavy (non-hydrogen) atoms. The highest BCUT2D eigenvalue weighted by Crippen LogP contribution is 2.15. The van der Waals surface area contributed by atoms with Crippen LogP contribution in [0.1, 0.15) is 42.3 Å². The Labute approximate surface area is 189 Å². The molecule has 0 saturated carbocycles. The number of rotatable bonds is 5. The van der Waals surface area contributed by atoms with E-state index in [2.05, 4.69) is 23.4 Å². The van der Waals surface area contributed by atoms with Gasteiger partial charge in [-0.2, -0.15) is 5.10 Å². The molecule has 1 aromatic carbocycles. The summed E-state index contributed by atoms with van der Waals surface area (Å²) in [7, 11) is 0. The van der Waals surface area contributed by atoms with E-state index in [4.69, 9.17) is 9.84 Å². The number of morpholine rings is 1. The van der Waals surface area contributed by atoms with Gasteiger partial charge in [-0.05, 0) is 56.5 Å². The third kappa shape index (κ3) is 5.93. The Morgan fingerprint density at radius 3 is 2.47 bits per heavy atom. The first-order valence-corrected chi connectivity index (χ1v) is 10.6. The lowest BCUT2D eigenvalue weighted by Gasteiger charge is -2.26. The largest absolute Gasteiger partial charge is 0.378 e. The first-order valence-electron chi connectivity index (χ1n) is 10.6. The summed E-state index contributed by atoms with van der Waals surface area (Å²) >= 11 is 0. The average molecular weight is 429 g/mol. The fourth-order valence-corrected chi connectivity index (χ4v) is 3.18. The van der Waals surface area contributed by atoms with Gasteiger partial charge in [-0.1, -0.05) is 30.7 Å². The van der Waals surface area contributed by atoms with E-state index in [-0.39, 0.29) is 5.91 Å². The Kier molecular flexibility index (Phi) is 7.96. The second-order valence-corrected chi connectivity index (χ2v) is 7.38. The van der Waals surface area contributed by atoms with E-state index in [1.54, 1.807) is 17.4 Å². The number of amides is 1. The predicted octanol–water partition coefficient (Wildman–Crippen LogP) is 4.07. The topological polar surface area (TPSA) is 58.0 Å². The van der Waals surface area contributed by atoms with E-state index in [1.807, 2.05) is 68.1 Å². The van der Waals surface area contributed by atoms with Crippen LogP contribution in [0.4, 0.5) is 0 Å². The molecule has 0 radical (unpaired) electrons. The van der Waals surface area contributed by atoms with E-state index in [0.717, 1.165) is 28.2 Å². The molecular weight excluding hydrogens is 400 g/mol. The lowest BCUT2D eigenvalue weighted by molar-refractivity contribution is 0.0303. The molecule has 1 aromatic heterocycles. The number of carbonyl (C=O) groups is 1. The van der Waals surface area contributed by atoms with E-state index in [0.29, 0.717) is 31.9 Å². The van der Waals surface area contributed by atoms with Crippen molar-refractivity contribution in [3.05, 3.63) is 89.5 Å². The second-order valence-electron chi connectivity index (χ2n) is 7.38. The summed E-state index contributed by atoms with van der Waals surface area (Å²) in [5, 5.41) is 6.47. The highest BCUT2D eigenvalue weighted by molar-refractivity contribution is 6.00. The molecule has 1 fully saturated rings. The molecule has 0 unspecified atom stereocenters. The Morgan fingerprint density at radius 2 is 1.88 bits per heavy atom. The van der Waals surface area contributed by atoms with Crippen molar-refractivity contribution in [2.45, 2.75) is 20.8 Å². The van der Waals surface area contributed by atoms with Crippen molar-refractivity contribution < 1.29 is 9.53 Å². The van der Waals surface area contributed by atoms with Crippen LogP contribution in [0.25, 0.3) is 0 Å². The molecule has 3 rings (SSSR count). The third-order valence-electron chi connectivity index (χ3n) is 4.96. The Balaban J connectivity index is 1.79. The van der Waals surface area contributed by atoms with Gasteiger partial charge in [0, 0.05) is 42.3 Å². The zero-order valence-electron chi connectivity index (χ0n) is 18.8. The number of pyridine rings is 1. The molecule has 1 amide bonds. The molecule has 1 aliphatic rings. The summed E-state index contributed by atoms with van der Waals surface area (Å²) in [6.45, 7) is 12.2. The van der Waals surface area contributed by atoms with E-state index in [1.165, 1.54) is 0 Å². The average Bonchev–Trinajstić information content (AvgIpc) is 2.84. The van der Waals surface area contributed by atoms with E-state index in [9.17, 15) is 4.79 Å². The number of benzene rings is 1. The van der Waals surface area contributed by atoms with Gasteiger partial charge in [0.1, 0.15) is 5.70 Å². The predicted molar refractivity (Wildman–Crippen MR) is 127 cm³/mol. The van der Waals surface area contributed by atoms with E-state index < -0.39 is 0 Å². The summed E-state index contributed by atoms with van der Waals surface area (Å²) < 4.78 is 5.32. The van der Waals surface area contributed by atoms with Gasteiger partial charge in [0.25, 0.3) is 5.91 Å². The van der Waals surface area contributed by atoms with Crippen molar-refractivity contribution in [1.82, 2.24) is 14.9 Å². The molecule has 2 aromatic rings. The van der Waals surface area contributed by atoms with Gasteiger partial charge < -0.3 is 9.64 Å². The summed E-state index contributed by atoms with van der Waals surface area (Å²) in [4.78, 5) is 18.6. The van der Waals surface area contributed by atoms with Crippen molar-refractivity contribution in [1.29, 1.82) is 0 Å². The molecule has 0 spiro atoms. The van der Waals surface area contributed by atoms with Crippen molar-refractivity contribution in [2.24, 2.45) is 5.10 Å². The number of hydrogen-bond acceptors (Lipinski definition) is 5. The molecule has 0 N–H and O–H groups in total. The first kappa shape index (κ1) is 23.0.